The van der Waals surface area contributed by atoms with Crippen LogP contribution < -0.4 is 20.7 Å². The summed E-state index contributed by atoms with van der Waals surface area (Å²) < 4.78 is 5.28. The molecule has 0 amide bonds. The highest BCUT2D eigenvalue weighted by molar-refractivity contribution is 5.83. The Morgan fingerprint density at radius 3 is 2.47 bits per heavy atom. The third-order valence-electron chi connectivity index (χ3n) is 6.10. The van der Waals surface area contributed by atoms with Crippen LogP contribution in [0.3, 0.4) is 0 Å². The number of aromatic hydroxyl groups is 1. The van der Waals surface area contributed by atoms with Gasteiger partial charge in [0, 0.05) is 35.4 Å². The zero-order valence-corrected chi connectivity index (χ0v) is 17.7. The average Bonchev–Trinajstić information content (AvgIpc) is 2.77. The lowest BCUT2D eigenvalue weighted by Crippen LogP contribution is -3.14. The van der Waals surface area contributed by atoms with Crippen molar-refractivity contribution < 1.29 is 14.4 Å². The van der Waals surface area contributed by atoms with E-state index in [1.54, 1.807) is 4.90 Å². The van der Waals surface area contributed by atoms with Gasteiger partial charge in [-0.2, -0.15) is 0 Å². The summed E-state index contributed by atoms with van der Waals surface area (Å²) in [5.74, 6) is 0.162. The van der Waals surface area contributed by atoms with Gasteiger partial charge < -0.3 is 24.6 Å². The van der Waals surface area contributed by atoms with E-state index in [9.17, 15) is 9.90 Å². The highest BCUT2D eigenvalue weighted by Gasteiger charge is 2.18. The number of quaternary nitrogens is 1. The summed E-state index contributed by atoms with van der Waals surface area (Å²) in [5.41, 5.74) is 3.96. The van der Waals surface area contributed by atoms with E-state index in [1.807, 2.05) is 13.0 Å². The van der Waals surface area contributed by atoms with Crippen LogP contribution in [0, 0.1) is 0 Å². The number of benzene rings is 2. The van der Waals surface area contributed by atoms with Crippen molar-refractivity contribution in [1.82, 2.24) is 0 Å². The molecular weight excluding hydrogens is 378 g/mol. The Kier molecular flexibility index (Phi) is 5.95. The van der Waals surface area contributed by atoms with Crippen LogP contribution >= 0.6 is 0 Å². The van der Waals surface area contributed by atoms with E-state index in [4.69, 9.17) is 4.42 Å². The summed E-state index contributed by atoms with van der Waals surface area (Å²) in [4.78, 5) is 16.1. The maximum absolute atomic E-state index is 12.0. The van der Waals surface area contributed by atoms with Crippen LogP contribution in [0.2, 0.25) is 0 Å². The molecule has 6 heteroatoms. The van der Waals surface area contributed by atoms with Gasteiger partial charge in [-0.3, -0.25) is 0 Å². The molecule has 0 saturated carbocycles. The van der Waals surface area contributed by atoms with Crippen LogP contribution in [-0.2, 0) is 13.0 Å². The molecule has 0 aliphatic carbocycles. The molecule has 1 fully saturated rings. The first-order valence-corrected chi connectivity index (χ1v) is 10.8. The van der Waals surface area contributed by atoms with Crippen molar-refractivity contribution in [2.75, 3.05) is 42.9 Å². The number of phenolic OH excluding ortho intramolecular Hbond substituents is 1. The van der Waals surface area contributed by atoms with Gasteiger partial charge in [-0.1, -0.05) is 6.92 Å². The minimum atomic E-state index is -0.411. The number of likely N-dealkylation sites (N-methyl/N-ethyl adjacent to an activating group) is 1. The topological polar surface area (TPSA) is 70.2 Å². The smallest absolute Gasteiger partial charge is 0.336 e. The van der Waals surface area contributed by atoms with E-state index in [0.717, 1.165) is 35.3 Å². The number of rotatable bonds is 6. The van der Waals surface area contributed by atoms with E-state index in [1.165, 1.54) is 37.5 Å². The minimum Gasteiger partial charge on any atom is -0.508 e. The molecule has 2 heterocycles. The van der Waals surface area contributed by atoms with E-state index in [0.29, 0.717) is 18.5 Å². The molecule has 1 aliphatic rings. The Balaban J connectivity index is 1.48. The number of aryl methyl sites for hydroxylation is 1. The van der Waals surface area contributed by atoms with E-state index < -0.39 is 5.63 Å². The zero-order chi connectivity index (χ0) is 21.1. The molecule has 4 rings (SSSR count). The van der Waals surface area contributed by atoms with Gasteiger partial charge >= 0.3 is 5.63 Å². The monoisotopic (exact) mass is 408 g/mol. The van der Waals surface area contributed by atoms with E-state index in [-0.39, 0.29) is 5.75 Å². The standard InChI is InChI=1S/C24H29N3O3/c1-3-17-13-21-18(14-24(29)30-23(21)15-22(17)28)16-25-19-5-7-20(8-6-19)27-11-9-26(4-2)10-12-27/h5-8,13-15,25,28H,3-4,9-12,16H2,1-2H3/p+1. The highest BCUT2D eigenvalue weighted by Crippen LogP contribution is 2.27. The Morgan fingerprint density at radius 1 is 1.07 bits per heavy atom. The van der Waals surface area contributed by atoms with Gasteiger partial charge in [0.1, 0.15) is 11.3 Å². The number of piperazine rings is 1. The van der Waals surface area contributed by atoms with Crippen molar-refractivity contribution in [3.63, 3.8) is 0 Å². The van der Waals surface area contributed by atoms with Crippen molar-refractivity contribution in [2.24, 2.45) is 0 Å². The fourth-order valence-electron chi connectivity index (χ4n) is 4.16. The number of hydrogen-bond acceptors (Lipinski definition) is 5. The summed E-state index contributed by atoms with van der Waals surface area (Å²) >= 11 is 0. The summed E-state index contributed by atoms with van der Waals surface area (Å²) in [7, 11) is 0. The maximum Gasteiger partial charge on any atom is 0.336 e. The van der Waals surface area contributed by atoms with Gasteiger partial charge in [-0.15, -0.1) is 0 Å². The molecule has 1 aliphatic heterocycles. The Bertz CT molecular complexity index is 1070. The molecule has 3 N–H and O–H groups in total. The fraction of sp³-hybridized carbons (Fsp3) is 0.375. The largest absolute Gasteiger partial charge is 0.508 e. The normalized spacial score (nSPS) is 14.9. The predicted octanol–water partition coefficient (Wildman–Crippen LogP) is 2.40. The summed E-state index contributed by atoms with van der Waals surface area (Å²) in [6.45, 7) is 10.5. The van der Waals surface area contributed by atoms with Gasteiger partial charge in [-0.05, 0) is 54.8 Å². The Morgan fingerprint density at radius 2 is 1.80 bits per heavy atom. The number of nitrogens with one attached hydrogen (secondary N) is 2. The number of nitrogens with zero attached hydrogens (tertiary/aromatic N) is 1. The lowest BCUT2D eigenvalue weighted by molar-refractivity contribution is -0.898. The van der Waals surface area contributed by atoms with Crippen molar-refractivity contribution >= 4 is 22.3 Å². The molecule has 1 aromatic heterocycles. The van der Waals surface area contributed by atoms with Crippen LogP contribution in [-0.4, -0.2) is 37.8 Å². The second kappa shape index (κ2) is 8.79. The summed E-state index contributed by atoms with van der Waals surface area (Å²) in [6, 6.07) is 13.5. The number of hydrogen-bond donors (Lipinski definition) is 3. The van der Waals surface area contributed by atoms with Crippen LogP contribution in [0.15, 0.2) is 51.7 Å². The molecule has 0 atom stereocenters. The first-order valence-electron chi connectivity index (χ1n) is 10.8. The van der Waals surface area contributed by atoms with Gasteiger partial charge in [0.25, 0.3) is 0 Å². The maximum atomic E-state index is 12.0. The van der Waals surface area contributed by atoms with Crippen molar-refractivity contribution in [3.05, 3.63) is 64.0 Å². The second-order valence-electron chi connectivity index (χ2n) is 7.91. The van der Waals surface area contributed by atoms with Crippen LogP contribution in [0.25, 0.3) is 11.0 Å². The van der Waals surface area contributed by atoms with Crippen LogP contribution in [0.4, 0.5) is 11.4 Å². The van der Waals surface area contributed by atoms with Crippen LogP contribution in [0.1, 0.15) is 25.0 Å². The lowest BCUT2D eigenvalue weighted by atomic mass is 10.0. The zero-order valence-electron chi connectivity index (χ0n) is 17.7. The molecule has 0 radical (unpaired) electrons. The predicted molar refractivity (Wildman–Crippen MR) is 121 cm³/mol. The number of phenols is 1. The molecule has 30 heavy (non-hydrogen) atoms. The molecule has 0 bridgehead atoms. The van der Waals surface area contributed by atoms with E-state index >= 15 is 0 Å². The highest BCUT2D eigenvalue weighted by atomic mass is 16.4. The van der Waals surface area contributed by atoms with Crippen molar-refractivity contribution in [3.8, 4) is 5.75 Å². The SMILES string of the molecule is CCc1cc2c(CNc3ccc(N4CC[NH+](CC)CC4)cc3)cc(=O)oc2cc1O. The number of anilines is 2. The minimum absolute atomic E-state index is 0.162. The third kappa shape index (κ3) is 4.28. The molecule has 158 valence electrons. The molecule has 2 aromatic carbocycles. The number of fused-ring (bicyclic) bond motifs is 1. The van der Waals surface area contributed by atoms with Crippen LogP contribution in [0.5, 0.6) is 5.75 Å². The summed E-state index contributed by atoms with van der Waals surface area (Å²) in [5, 5.41) is 14.3. The average molecular weight is 409 g/mol. The molecule has 1 saturated heterocycles. The molecule has 3 aromatic rings. The fourth-order valence-corrected chi connectivity index (χ4v) is 4.16. The van der Waals surface area contributed by atoms with Gasteiger partial charge in [0.15, 0.2) is 0 Å². The van der Waals surface area contributed by atoms with Gasteiger partial charge in [-0.25, -0.2) is 4.79 Å². The van der Waals surface area contributed by atoms with Crippen molar-refractivity contribution in [2.45, 2.75) is 26.8 Å². The lowest BCUT2D eigenvalue weighted by Gasteiger charge is -2.33. The Hall–Kier alpha value is -2.99. The van der Waals surface area contributed by atoms with Gasteiger partial charge in [0.2, 0.25) is 0 Å². The van der Waals surface area contributed by atoms with Crippen molar-refractivity contribution in [1.29, 1.82) is 0 Å². The molecular formula is C24H30N3O3+. The van der Waals surface area contributed by atoms with Gasteiger partial charge in [0.05, 0.1) is 32.7 Å². The molecule has 6 nitrogen and oxygen atoms in total. The third-order valence-corrected chi connectivity index (χ3v) is 6.10. The molecule has 0 spiro atoms. The Labute approximate surface area is 176 Å². The molecule has 0 unspecified atom stereocenters. The quantitative estimate of drug-likeness (QED) is 0.547. The first kappa shape index (κ1) is 20.3. The first-order chi connectivity index (χ1) is 14.6. The van der Waals surface area contributed by atoms with E-state index in [2.05, 4.69) is 41.4 Å². The second-order valence-corrected chi connectivity index (χ2v) is 7.91. The summed E-state index contributed by atoms with van der Waals surface area (Å²) in [6.07, 6.45) is 0.712.